The van der Waals surface area contributed by atoms with Crippen molar-refractivity contribution in [2.45, 2.75) is 112 Å². The van der Waals surface area contributed by atoms with E-state index in [1.807, 2.05) is 6.92 Å². The van der Waals surface area contributed by atoms with Gasteiger partial charge < -0.3 is 57.8 Å². The summed E-state index contributed by atoms with van der Waals surface area (Å²) in [5.41, 5.74) is -4.82. The van der Waals surface area contributed by atoms with Gasteiger partial charge in [-0.2, -0.15) is 0 Å². The predicted octanol–water partition coefficient (Wildman–Crippen LogP) is -5.23. The molecule has 7 fully saturated rings. The molecule has 3 saturated heterocycles. The summed E-state index contributed by atoms with van der Waals surface area (Å²) in [7, 11) is 0. The van der Waals surface area contributed by atoms with Crippen LogP contribution in [0.4, 0.5) is 0 Å². The van der Waals surface area contributed by atoms with Crippen LogP contribution in [-0.4, -0.2) is 102 Å². The monoisotopic (exact) mass is 545 g/mol. The topological polar surface area (TPSA) is 155 Å². The lowest BCUT2D eigenvalue weighted by molar-refractivity contribution is -0.954. The van der Waals surface area contributed by atoms with E-state index in [1.165, 1.54) is 4.90 Å². The molecule has 0 aromatic carbocycles. The average molecular weight is 546 g/mol. The molecule has 7 aliphatic rings. The fourth-order valence-corrected chi connectivity index (χ4v) is 11.6. The smallest absolute Gasteiger partial charge is 0.196 e. The van der Waals surface area contributed by atoms with E-state index >= 15 is 0 Å². The highest BCUT2D eigenvalue weighted by molar-refractivity contribution is 5.32. The minimum atomic E-state index is -1.84. The van der Waals surface area contributed by atoms with Gasteiger partial charge in [0.25, 0.3) is 0 Å². The highest BCUT2D eigenvalue weighted by atomic mass is 35.5. The van der Waals surface area contributed by atoms with E-state index in [0.29, 0.717) is 31.7 Å². The van der Waals surface area contributed by atoms with Gasteiger partial charge in [-0.3, -0.25) is 0 Å². The molecule has 4 bridgehead atoms. The van der Waals surface area contributed by atoms with Crippen molar-refractivity contribution in [3.8, 4) is 0 Å². The molecule has 3 heterocycles. The van der Waals surface area contributed by atoms with Crippen LogP contribution in [0.3, 0.4) is 0 Å². The first-order valence-corrected chi connectivity index (χ1v) is 14.2. The van der Waals surface area contributed by atoms with Crippen molar-refractivity contribution in [3.63, 3.8) is 0 Å². The predicted molar refractivity (Wildman–Crippen MR) is 125 cm³/mol. The van der Waals surface area contributed by atoms with Gasteiger partial charge in [-0.15, -0.1) is 0 Å². The number of aliphatic hydroxyl groups excluding tert-OH is 4. The van der Waals surface area contributed by atoms with Crippen LogP contribution in [0.25, 0.3) is 0 Å². The fourth-order valence-electron chi connectivity index (χ4n) is 11.6. The maximum atomic E-state index is 12.5. The second-order valence-electron chi connectivity index (χ2n) is 14.4. The number of hydrogen-bond donors (Lipinski definition) is 8. The van der Waals surface area contributed by atoms with E-state index in [-0.39, 0.29) is 30.8 Å². The minimum absolute atomic E-state index is 0. The second kappa shape index (κ2) is 7.81. The van der Waals surface area contributed by atoms with Gasteiger partial charge in [-0.1, -0.05) is 13.8 Å². The summed E-state index contributed by atoms with van der Waals surface area (Å²) in [5.74, 6) is -4.15. The van der Waals surface area contributed by atoms with Crippen molar-refractivity contribution in [1.29, 1.82) is 0 Å². The number of hydrogen-bond acceptors (Lipinski definition) is 8. The van der Waals surface area contributed by atoms with Gasteiger partial charge in [0, 0.05) is 47.3 Å². The van der Waals surface area contributed by atoms with Crippen LogP contribution in [0.2, 0.25) is 0 Å². The number of nitrogens with one attached hydrogen (secondary N) is 1. The summed E-state index contributed by atoms with van der Waals surface area (Å²) in [6.07, 6.45) is -1.81. The van der Waals surface area contributed by atoms with Crippen LogP contribution in [0.15, 0.2) is 0 Å². The summed E-state index contributed by atoms with van der Waals surface area (Å²) >= 11 is 0. The Labute approximate surface area is 224 Å². The first-order chi connectivity index (χ1) is 16.7. The Morgan fingerprint density at radius 2 is 1.65 bits per heavy atom. The van der Waals surface area contributed by atoms with E-state index in [2.05, 4.69) is 6.92 Å². The van der Waals surface area contributed by atoms with E-state index < -0.39 is 76.1 Å². The van der Waals surface area contributed by atoms with Crippen molar-refractivity contribution in [2.75, 3.05) is 13.1 Å². The zero-order chi connectivity index (χ0) is 25.8. The third-order valence-electron chi connectivity index (χ3n) is 13.0. The summed E-state index contributed by atoms with van der Waals surface area (Å²) in [4.78, 5) is 1.28. The first-order valence-electron chi connectivity index (χ1n) is 14.2. The van der Waals surface area contributed by atoms with Crippen LogP contribution in [0, 0.1) is 40.9 Å². The van der Waals surface area contributed by atoms with Crippen LogP contribution in [-0.2, 0) is 4.74 Å². The van der Waals surface area contributed by atoms with Crippen molar-refractivity contribution in [1.82, 2.24) is 0 Å². The maximum Gasteiger partial charge on any atom is 0.196 e. The molecule has 1 spiro atoms. The number of ether oxygens (including phenoxy) is 1. The molecular weight excluding hydrogens is 502 g/mol. The second-order valence-corrected chi connectivity index (χ2v) is 14.4. The Balaban J connectivity index is 0.00000252. The number of quaternary nitrogens is 1. The molecule has 0 radical (unpaired) electrons. The molecule has 8 N–H and O–H groups in total. The third-order valence-corrected chi connectivity index (χ3v) is 13.0. The molecule has 0 aromatic heterocycles. The maximum absolute atomic E-state index is 12.5. The van der Waals surface area contributed by atoms with E-state index in [1.54, 1.807) is 6.92 Å². The number of rotatable bonds is 0. The third kappa shape index (κ3) is 2.83. The van der Waals surface area contributed by atoms with Gasteiger partial charge >= 0.3 is 0 Å². The fraction of sp³-hybridized carbons (Fsp3) is 1.00. The lowest BCUT2D eigenvalue weighted by Crippen LogP contribution is -3.22. The standard InChI is InChI=1S/C27H43NO8.ClH/c1-12-4-5-17-24(3,33)19-13(11-28(17)10-12)14-9-25-21(26(14,34)22(32)20(19)31)15(29)8-16-23(25,2)7-6-18(30)27(16,35)36-25;/h12-22,29-35H,4-11H2,1-3H3;1H/t12-,13?,14?,15+,16?,17-,18-,19?,20+,21?,22-,23-,24+,25-,26-,27-;/m0./s1. The molecule has 6 unspecified atom stereocenters. The van der Waals surface area contributed by atoms with Gasteiger partial charge in [0.05, 0.1) is 30.9 Å². The normalized spacial score (nSPS) is 67.6. The first kappa shape index (κ1) is 27.1. The molecule has 212 valence electrons. The van der Waals surface area contributed by atoms with Gasteiger partial charge in [-0.05, 0) is 39.0 Å². The lowest BCUT2D eigenvalue weighted by Gasteiger charge is -2.61. The SMILES string of the molecule is C[C@H]1CC[C@@H]2[NH+](CC3C4C[C@]56O[C@@]7(O)C(C[C@@H](O)C5[C@]4(O)[C@@H](O)[C@H](O)C3[C@]2(C)O)[C@]6(C)CC[C@@H]7O)C1.[Cl-]. The van der Waals surface area contributed by atoms with E-state index in [9.17, 15) is 35.7 Å². The molecular formula is C27H44ClNO8. The van der Waals surface area contributed by atoms with E-state index in [0.717, 1.165) is 19.4 Å². The number of fused-ring (bicyclic) bond motifs is 5. The van der Waals surface area contributed by atoms with Crippen molar-refractivity contribution < 1.29 is 57.8 Å². The van der Waals surface area contributed by atoms with Gasteiger partial charge in [-0.25, -0.2) is 0 Å². The summed E-state index contributed by atoms with van der Waals surface area (Å²) in [5, 5.41) is 81.5. The summed E-state index contributed by atoms with van der Waals surface area (Å²) < 4.78 is 6.51. The summed E-state index contributed by atoms with van der Waals surface area (Å²) in [6.45, 7) is 7.62. The molecule has 9 nitrogen and oxygen atoms in total. The Hall–Kier alpha value is -0.0700. The Morgan fingerprint density at radius 3 is 2.35 bits per heavy atom. The zero-order valence-corrected chi connectivity index (χ0v) is 22.7. The Bertz CT molecular complexity index is 971. The minimum Gasteiger partial charge on any atom is -1.00 e. The van der Waals surface area contributed by atoms with Crippen LogP contribution < -0.4 is 17.3 Å². The largest absolute Gasteiger partial charge is 1.00 e. The van der Waals surface area contributed by atoms with Gasteiger partial charge in [0.15, 0.2) is 5.79 Å². The molecule has 10 heteroatoms. The number of piperidine rings is 2. The summed E-state index contributed by atoms with van der Waals surface area (Å²) in [6, 6.07) is -0.0462. The number of halogens is 1. The average Bonchev–Trinajstić information content (AvgIpc) is 3.08. The molecule has 37 heavy (non-hydrogen) atoms. The van der Waals surface area contributed by atoms with Crippen molar-refractivity contribution in [3.05, 3.63) is 0 Å². The molecule has 0 aromatic rings. The quantitative estimate of drug-likeness (QED) is 0.150. The molecule has 3 aliphatic heterocycles. The molecule has 17 atom stereocenters. The van der Waals surface area contributed by atoms with Crippen LogP contribution >= 0.6 is 0 Å². The molecule has 0 amide bonds. The molecule has 4 saturated carbocycles. The highest BCUT2D eigenvalue weighted by Crippen LogP contribution is 2.76. The van der Waals surface area contributed by atoms with Crippen LogP contribution in [0.5, 0.6) is 0 Å². The van der Waals surface area contributed by atoms with Crippen LogP contribution in [0.1, 0.15) is 59.3 Å². The zero-order valence-electron chi connectivity index (χ0n) is 21.9. The number of aliphatic hydroxyl groups is 7. The molecule has 7 rings (SSSR count). The van der Waals surface area contributed by atoms with Crippen molar-refractivity contribution >= 4 is 0 Å². The van der Waals surface area contributed by atoms with Crippen molar-refractivity contribution in [2.24, 2.45) is 40.9 Å². The van der Waals surface area contributed by atoms with Gasteiger partial charge in [0.2, 0.25) is 0 Å². The van der Waals surface area contributed by atoms with Gasteiger partial charge in [0.1, 0.15) is 29.5 Å². The molecule has 4 aliphatic carbocycles. The van der Waals surface area contributed by atoms with E-state index in [4.69, 9.17) is 4.74 Å². The Morgan fingerprint density at radius 1 is 0.946 bits per heavy atom. The lowest BCUT2D eigenvalue weighted by atomic mass is 9.49. The Kier molecular flexibility index (Phi) is 5.72. The highest BCUT2D eigenvalue weighted by Gasteiger charge is 2.86.